The molecule has 0 spiro atoms. The lowest BCUT2D eigenvalue weighted by atomic mass is 10.1. The summed E-state index contributed by atoms with van der Waals surface area (Å²) in [6, 6.07) is 9.77. The molecule has 7 nitrogen and oxygen atoms in total. The van der Waals surface area contributed by atoms with Gasteiger partial charge in [-0.1, -0.05) is 29.8 Å². The first kappa shape index (κ1) is 16.9. The fraction of sp³-hybridized carbons (Fsp3) is 0.278. The van der Waals surface area contributed by atoms with E-state index in [1.54, 1.807) is 25.7 Å². The standard InChI is InChI=1S/C18H21N5O2/c1-13-3-5-14(6-4-13)16-9-17(22-21-16)18(24)20-11-15-10-19-12-23(15)7-8-25-2/h3-6,9-10,12H,7-8,11H2,1-2H3,(H,20,24)(H,21,22). The molecule has 0 saturated carbocycles. The van der Waals surface area contributed by atoms with Crippen LogP contribution in [-0.4, -0.2) is 39.4 Å². The lowest BCUT2D eigenvalue weighted by Crippen LogP contribution is -2.24. The highest BCUT2D eigenvalue weighted by Crippen LogP contribution is 2.18. The number of amides is 1. The Hall–Kier alpha value is -2.93. The number of hydrogen-bond donors (Lipinski definition) is 2. The molecule has 0 aliphatic heterocycles. The summed E-state index contributed by atoms with van der Waals surface area (Å²) in [5.41, 5.74) is 4.25. The summed E-state index contributed by atoms with van der Waals surface area (Å²) in [5, 5.41) is 9.89. The van der Waals surface area contributed by atoms with E-state index in [0.29, 0.717) is 25.4 Å². The minimum absolute atomic E-state index is 0.203. The molecule has 2 aromatic heterocycles. The minimum atomic E-state index is -0.203. The van der Waals surface area contributed by atoms with Gasteiger partial charge in [0.05, 0.1) is 30.9 Å². The number of imidazole rings is 1. The van der Waals surface area contributed by atoms with Crippen LogP contribution >= 0.6 is 0 Å². The number of carbonyl (C=O) groups excluding carboxylic acids is 1. The van der Waals surface area contributed by atoms with Crippen molar-refractivity contribution in [2.75, 3.05) is 13.7 Å². The highest BCUT2D eigenvalue weighted by molar-refractivity contribution is 5.93. The molecule has 130 valence electrons. The normalized spacial score (nSPS) is 10.8. The third-order valence-electron chi connectivity index (χ3n) is 3.93. The fourth-order valence-electron chi connectivity index (χ4n) is 2.46. The molecule has 0 aliphatic carbocycles. The van der Waals surface area contributed by atoms with Crippen LogP contribution in [-0.2, 0) is 17.8 Å². The molecule has 0 fully saturated rings. The highest BCUT2D eigenvalue weighted by atomic mass is 16.5. The van der Waals surface area contributed by atoms with Gasteiger partial charge in [-0.2, -0.15) is 5.10 Å². The molecule has 3 aromatic rings. The number of methoxy groups -OCH3 is 1. The second-order valence-electron chi connectivity index (χ2n) is 5.79. The Bertz CT molecular complexity index is 835. The van der Waals surface area contributed by atoms with Crippen LogP contribution in [0.5, 0.6) is 0 Å². The van der Waals surface area contributed by atoms with Gasteiger partial charge in [0.15, 0.2) is 0 Å². The van der Waals surface area contributed by atoms with Gasteiger partial charge in [-0.05, 0) is 13.0 Å². The lowest BCUT2D eigenvalue weighted by Gasteiger charge is -2.08. The Kier molecular flexibility index (Phi) is 5.25. The van der Waals surface area contributed by atoms with Gasteiger partial charge in [0.1, 0.15) is 5.69 Å². The van der Waals surface area contributed by atoms with Crippen LogP contribution in [0.3, 0.4) is 0 Å². The third kappa shape index (κ3) is 4.13. The number of nitrogens with zero attached hydrogens (tertiary/aromatic N) is 3. The van der Waals surface area contributed by atoms with Gasteiger partial charge in [0, 0.05) is 25.4 Å². The highest BCUT2D eigenvalue weighted by Gasteiger charge is 2.12. The maximum absolute atomic E-state index is 12.3. The number of nitrogens with one attached hydrogen (secondary N) is 2. The molecule has 2 N–H and O–H groups in total. The van der Waals surface area contributed by atoms with Crippen molar-refractivity contribution in [2.24, 2.45) is 0 Å². The van der Waals surface area contributed by atoms with Crippen LogP contribution in [0.4, 0.5) is 0 Å². The maximum Gasteiger partial charge on any atom is 0.269 e. The molecule has 1 amide bonds. The largest absolute Gasteiger partial charge is 0.383 e. The topological polar surface area (TPSA) is 84.8 Å². The molecule has 0 atom stereocenters. The molecule has 0 aliphatic rings. The number of aromatic nitrogens is 4. The summed E-state index contributed by atoms with van der Waals surface area (Å²) in [4.78, 5) is 16.4. The van der Waals surface area contributed by atoms with Crippen molar-refractivity contribution in [3.8, 4) is 11.3 Å². The van der Waals surface area contributed by atoms with Gasteiger partial charge in [-0.25, -0.2) is 4.98 Å². The second kappa shape index (κ2) is 7.76. The Labute approximate surface area is 146 Å². The number of benzene rings is 1. The first-order chi connectivity index (χ1) is 12.2. The first-order valence-corrected chi connectivity index (χ1v) is 8.06. The molecule has 7 heteroatoms. The quantitative estimate of drug-likeness (QED) is 0.691. The van der Waals surface area contributed by atoms with Crippen LogP contribution in [0, 0.1) is 6.92 Å². The Morgan fingerprint density at radius 2 is 2.12 bits per heavy atom. The third-order valence-corrected chi connectivity index (χ3v) is 3.93. The molecule has 0 radical (unpaired) electrons. The van der Waals surface area contributed by atoms with Crippen molar-refractivity contribution >= 4 is 5.91 Å². The predicted molar refractivity (Wildman–Crippen MR) is 94.0 cm³/mol. The van der Waals surface area contributed by atoms with Crippen LogP contribution in [0.1, 0.15) is 21.7 Å². The van der Waals surface area contributed by atoms with Gasteiger partial charge in [-0.15, -0.1) is 0 Å². The minimum Gasteiger partial charge on any atom is -0.383 e. The molecule has 25 heavy (non-hydrogen) atoms. The van der Waals surface area contributed by atoms with E-state index in [4.69, 9.17) is 4.74 Å². The molecule has 2 heterocycles. The number of H-pyrrole nitrogens is 1. The zero-order valence-electron chi connectivity index (χ0n) is 14.3. The number of hydrogen-bond acceptors (Lipinski definition) is 4. The lowest BCUT2D eigenvalue weighted by molar-refractivity contribution is 0.0945. The smallest absolute Gasteiger partial charge is 0.269 e. The summed E-state index contributed by atoms with van der Waals surface area (Å²) in [6.45, 7) is 3.72. The van der Waals surface area contributed by atoms with E-state index >= 15 is 0 Å². The van der Waals surface area contributed by atoms with E-state index in [-0.39, 0.29) is 5.91 Å². The van der Waals surface area contributed by atoms with Gasteiger partial charge < -0.3 is 14.6 Å². The Balaban J connectivity index is 1.62. The fourth-order valence-corrected chi connectivity index (χ4v) is 2.46. The maximum atomic E-state index is 12.3. The summed E-state index contributed by atoms with van der Waals surface area (Å²) in [5.74, 6) is -0.203. The van der Waals surface area contributed by atoms with Crippen molar-refractivity contribution in [2.45, 2.75) is 20.0 Å². The number of rotatable bonds is 7. The van der Waals surface area contributed by atoms with Gasteiger partial charge >= 0.3 is 0 Å². The summed E-state index contributed by atoms with van der Waals surface area (Å²) < 4.78 is 7.02. The van der Waals surface area contributed by atoms with Crippen molar-refractivity contribution in [3.05, 3.63) is 59.8 Å². The second-order valence-corrected chi connectivity index (χ2v) is 5.79. The molecular weight excluding hydrogens is 318 g/mol. The Morgan fingerprint density at radius 3 is 2.88 bits per heavy atom. The molecule has 3 rings (SSSR count). The van der Waals surface area contributed by atoms with Crippen molar-refractivity contribution in [1.82, 2.24) is 25.1 Å². The number of ether oxygens (including phenoxy) is 1. The van der Waals surface area contributed by atoms with Crippen molar-refractivity contribution in [1.29, 1.82) is 0 Å². The average Bonchev–Trinajstić information content (AvgIpc) is 3.28. The first-order valence-electron chi connectivity index (χ1n) is 8.06. The van der Waals surface area contributed by atoms with E-state index in [1.807, 2.05) is 35.8 Å². The molecule has 0 saturated heterocycles. The van der Waals surface area contributed by atoms with Crippen molar-refractivity contribution < 1.29 is 9.53 Å². The summed E-state index contributed by atoms with van der Waals surface area (Å²) in [6.07, 6.45) is 3.47. The van der Waals surface area contributed by atoms with Crippen LogP contribution < -0.4 is 5.32 Å². The molecular formula is C18H21N5O2. The SMILES string of the molecule is COCCn1cncc1CNC(=O)c1cc(-c2ccc(C)cc2)n[nH]1. The van der Waals surface area contributed by atoms with E-state index in [1.165, 1.54) is 5.56 Å². The van der Waals surface area contributed by atoms with Crippen LogP contribution in [0.25, 0.3) is 11.3 Å². The van der Waals surface area contributed by atoms with Gasteiger partial charge in [-0.3, -0.25) is 9.89 Å². The zero-order chi connectivity index (χ0) is 17.6. The van der Waals surface area contributed by atoms with E-state index in [2.05, 4.69) is 20.5 Å². The van der Waals surface area contributed by atoms with Gasteiger partial charge in [0.25, 0.3) is 5.91 Å². The average molecular weight is 339 g/mol. The van der Waals surface area contributed by atoms with E-state index < -0.39 is 0 Å². The zero-order valence-corrected chi connectivity index (χ0v) is 14.3. The van der Waals surface area contributed by atoms with Crippen LogP contribution in [0.15, 0.2) is 42.9 Å². The van der Waals surface area contributed by atoms with Crippen molar-refractivity contribution in [3.63, 3.8) is 0 Å². The number of aromatic amines is 1. The van der Waals surface area contributed by atoms with E-state index in [0.717, 1.165) is 17.0 Å². The molecule has 1 aromatic carbocycles. The Morgan fingerprint density at radius 1 is 1.32 bits per heavy atom. The monoisotopic (exact) mass is 339 g/mol. The van der Waals surface area contributed by atoms with Gasteiger partial charge in [0.2, 0.25) is 0 Å². The molecule has 0 unspecified atom stereocenters. The number of carbonyl (C=O) groups is 1. The van der Waals surface area contributed by atoms with E-state index in [9.17, 15) is 4.79 Å². The predicted octanol–water partition coefficient (Wildman–Crippen LogP) is 2.16. The number of aryl methyl sites for hydroxylation is 1. The molecule has 0 bridgehead atoms. The van der Waals surface area contributed by atoms with Crippen LogP contribution in [0.2, 0.25) is 0 Å². The summed E-state index contributed by atoms with van der Waals surface area (Å²) >= 11 is 0. The summed E-state index contributed by atoms with van der Waals surface area (Å²) in [7, 11) is 1.66.